The van der Waals surface area contributed by atoms with Crippen LogP contribution in [0.1, 0.15) is 23.7 Å². The van der Waals surface area contributed by atoms with Crippen molar-refractivity contribution in [2.24, 2.45) is 0 Å². The van der Waals surface area contributed by atoms with E-state index < -0.39 is 4.92 Å². The Kier molecular flexibility index (Phi) is 3.19. The van der Waals surface area contributed by atoms with Gasteiger partial charge in [-0.15, -0.1) is 0 Å². The lowest BCUT2D eigenvalue weighted by molar-refractivity contribution is -0.384. The van der Waals surface area contributed by atoms with Crippen molar-refractivity contribution in [3.63, 3.8) is 0 Å². The number of hydrogen-bond acceptors (Lipinski definition) is 3. The van der Waals surface area contributed by atoms with E-state index in [1.807, 2.05) is 0 Å². The van der Waals surface area contributed by atoms with Crippen molar-refractivity contribution in [2.45, 2.75) is 13.3 Å². The van der Waals surface area contributed by atoms with Gasteiger partial charge in [-0.2, -0.15) is 0 Å². The molecule has 4 nitrogen and oxygen atoms in total. The maximum atomic E-state index is 11.3. The third-order valence-electron chi connectivity index (χ3n) is 1.78. The summed E-state index contributed by atoms with van der Waals surface area (Å²) in [5.74, 6) is -0.196. The van der Waals surface area contributed by atoms with Gasteiger partial charge >= 0.3 is 0 Å². The van der Waals surface area contributed by atoms with Gasteiger partial charge in [0.25, 0.3) is 5.69 Å². The number of ketones is 1. The number of carbonyl (C=O) groups excluding carboxylic acids is 1. The highest BCUT2D eigenvalue weighted by molar-refractivity contribution is 6.34. The van der Waals surface area contributed by atoms with Gasteiger partial charge in [-0.3, -0.25) is 14.9 Å². The van der Waals surface area contributed by atoms with Crippen molar-refractivity contribution in [3.05, 3.63) is 38.9 Å². The van der Waals surface area contributed by atoms with E-state index in [4.69, 9.17) is 11.6 Å². The predicted molar refractivity (Wildman–Crippen MR) is 52.7 cm³/mol. The first-order valence-corrected chi connectivity index (χ1v) is 4.41. The summed E-state index contributed by atoms with van der Waals surface area (Å²) in [7, 11) is 0. The molecule has 74 valence electrons. The molecule has 0 heterocycles. The van der Waals surface area contributed by atoms with Crippen molar-refractivity contribution in [2.75, 3.05) is 0 Å². The van der Waals surface area contributed by atoms with Crippen LogP contribution in [0.2, 0.25) is 5.02 Å². The van der Waals surface area contributed by atoms with Gasteiger partial charge in [-0.25, -0.2) is 0 Å². The highest BCUT2D eigenvalue weighted by Gasteiger charge is 2.13. The van der Waals surface area contributed by atoms with E-state index in [0.29, 0.717) is 0 Å². The molecule has 0 spiro atoms. The molecular formula is C9H8ClNO3. The number of benzene rings is 1. The maximum Gasteiger partial charge on any atom is 0.270 e. The fourth-order valence-corrected chi connectivity index (χ4v) is 1.25. The second kappa shape index (κ2) is 4.19. The molecular weight excluding hydrogens is 206 g/mol. The van der Waals surface area contributed by atoms with Gasteiger partial charge in [0.2, 0.25) is 0 Å². The van der Waals surface area contributed by atoms with Crippen molar-refractivity contribution in [3.8, 4) is 0 Å². The van der Waals surface area contributed by atoms with E-state index in [0.717, 1.165) is 0 Å². The number of nitrogens with zero attached hydrogens (tertiary/aromatic N) is 1. The molecule has 5 heteroatoms. The van der Waals surface area contributed by atoms with Gasteiger partial charge < -0.3 is 0 Å². The molecule has 0 fully saturated rings. The Bertz CT molecular complexity index is 390. The van der Waals surface area contributed by atoms with Crippen LogP contribution >= 0.6 is 11.6 Å². The number of rotatable bonds is 3. The summed E-state index contributed by atoms with van der Waals surface area (Å²) in [4.78, 5) is 21.2. The molecule has 0 bridgehead atoms. The number of carbonyl (C=O) groups is 1. The number of halogens is 1. The van der Waals surface area contributed by atoms with Crippen molar-refractivity contribution in [1.82, 2.24) is 0 Å². The Morgan fingerprint density at radius 3 is 2.71 bits per heavy atom. The third kappa shape index (κ3) is 2.09. The lowest BCUT2D eigenvalue weighted by Crippen LogP contribution is -1.99. The van der Waals surface area contributed by atoms with Gasteiger partial charge in [0.05, 0.1) is 9.95 Å². The zero-order valence-electron chi connectivity index (χ0n) is 7.49. The summed E-state index contributed by atoms with van der Waals surface area (Å²) in [5.41, 5.74) is 0.0922. The van der Waals surface area contributed by atoms with Crippen molar-refractivity contribution < 1.29 is 9.72 Å². The fraction of sp³-hybridized carbons (Fsp3) is 0.222. The first-order chi connectivity index (χ1) is 6.56. The lowest BCUT2D eigenvalue weighted by Gasteiger charge is -2.00. The molecule has 0 N–H and O–H groups in total. The average Bonchev–Trinajstić information content (AvgIpc) is 2.17. The second-order valence-corrected chi connectivity index (χ2v) is 3.11. The van der Waals surface area contributed by atoms with Crippen LogP contribution in [0.3, 0.4) is 0 Å². The number of hydrogen-bond donors (Lipinski definition) is 0. The monoisotopic (exact) mass is 213 g/mol. The van der Waals surface area contributed by atoms with Crippen molar-refractivity contribution >= 4 is 23.1 Å². The molecule has 14 heavy (non-hydrogen) atoms. The van der Waals surface area contributed by atoms with Gasteiger partial charge in [-0.05, 0) is 6.07 Å². The highest BCUT2D eigenvalue weighted by atomic mass is 35.5. The van der Waals surface area contributed by atoms with Crippen LogP contribution in [0, 0.1) is 10.1 Å². The van der Waals surface area contributed by atoms with Gasteiger partial charge in [-0.1, -0.05) is 18.5 Å². The summed E-state index contributed by atoms with van der Waals surface area (Å²) >= 11 is 5.73. The average molecular weight is 214 g/mol. The summed E-state index contributed by atoms with van der Waals surface area (Å²) in [6.07, 6.45) is 0.279. The Labute approximate surface area is 85.6 Å². The SMILES string of the molecule is CCC(=O)c1cc([N+](=O)[O-])ccc1Cl. The Balaban J connectivity index is 3.21. The van der Waals surface area contributed by atoms with Crippen LogP contribution in [-0.2, 0) is 0 Å². The molecule has 0 aromatic heterocycles. The van der Waals surface area contributed by atoms with Crippen LogP contribution in [0.15, 0.2) is 18.2 Å². The van der Waals surface area contributed by atoms with Crippen LogP contribution < -0.4 is 0 Å². The molecule has 0 atom stereocenters. The largest absolute Gasteiger partial charge is 0.294 e. The van der Waals surface area contributed by atoms with Crippen molar-refractivity contribution in [1.29, 1.82) is 0 Å². The van der Waals surface area contributed by atoms with Crippen LogP contribution in [-0.4, -0.2) is 10.7 Å². The summed E-state index contributed by atoms with van der Waals surface area (Å²) in [6.45, 7) is 1.68. The molecule has 1 aromatic rings. The summed E-state index contributed by atoms with van der Waals surface area (Å²) in [5, 5.41) is 10.7. The minimum absolute atomic E-state index is 0.119. The lowest BCUT2D eigenvalue weighted by atomic mass is 10.1. The van der Waals surface area contributed by atoms with E-state index in [2.05, 4.69) is 0 Å². The summed E-state index contributed by atoms with van der Waals surface area (Å²) in [6, 6.07) is 3.84. The van der Waals surface area contributed by atoms with Gasteiger partial charge in [0.1, 0.15) is 0 Å². The molecule has 0 saturated heterocycles. The molecule has 0 amide bonds. The van der Waals surface area contributed by atoms with E-state index in [-0.39, 0.29) is 28.5 Å². The molecule has 0 aliphatic rings. The minimum atomic E-state index is -0.553. The molecule has 1 rings (SSSR count). The molecule has 0 radical (unpaired) electrons. The van der Waals surface area contributed by atoms with E-state index in [9.17, 15) is 14.9 Å². The number of nitro groups is 1. The van der Waals surface area contributed by atoms with Crippen LogP contribution in [0.4, 0.5) is 5.69 Å². The Morgan fingerprint density at radius 2 is 2.21 bits per heavy atom. The van der Waals surface area contributed by atoms with Gasteiger partial charge in [0, 0.05) is 24.1 Å². The zero-order chi connectivity index (χ0) is 10.7. The van der Waals surface area contributed by atoms with E-state index in [1.54, 1.807) is 6.92 Å². The number of nitro benzene ring substituents is 1. The minimum Gasteiger partial charge on any atom is -0.294 e. The molecule has 0 unspecified atom stereocenters. The second-order valence-electron chi connectivity index (χ2n) is 2.70. The molecule has 0 aliphatic heterocycles. The van der Waals surface area contributed by atoms with E-state index in [1.165, 1.54) is 18.2 Å². The molecule has 1 aromatic carbocycles. The number of Topliss-reactive ketones (excluding diaryl/α,β-unsaturated/α-hetero) is 1. The standard InChI is InChI=1S/C9H8ClNO3/c1-2-9(12)7-5-6(11(13)14)3-4-8(7)10/h3-5H,2H2,1H3. The van der Waals surface area contributed by atoms with Crippen LogP contribution in [0.25, 0.3) is 0 Å². The predicted octanol–water partition coefficient (Wildman–Crippen LogP) is 2.84. The first kappa shape index (κ1) is 10.7. The zero-order valence-corrected chi connectivity index (χ0v) is 8.25. The smallest absolute Gasteiger partial charge is 0.270 e. The topological polar surface area (TPSA) is 60.2 Å². The third-order valence-corrected chi connectivity index (χ3v) is 2.11. The highest BCUT2D eigenvalue weighted by Crippen LogP contribution is 2.22. The van der Waals surface area contributed by atoms with E-state index >= 15 is 0 Å². The van der Waals surface area contributed by atoms with Crippen LogP contribution in [0.5, 0.6) is 0 Å². The Hall–Kier alpha value is -1.42. The van der Waals surface area contributed by atoms with Gasteiger partial charge in [0.15, 0.2) is 5.78 Å². The quantitative estimate of drug-likeness (QED) is 0.441. The summed E-state index contributed by atoms with van der Waals surface area (Å²) < 4.78 is 0. The Morgan fingerprint density at radius 1 is 1.57 bits per heavy atom. The molecule has 0 saturated carbocycles. The number of non-ortho nitro benzene ring substituents is 1. The fourth-order valence-electron chi connectivity index (χ4n) is 1.03. The first-order valence-electron chi connectivity index (χ1n) is 4.03. The maximum absolute atomic E-state index is 11.3. The molecule has 0 aliphatic carbocycles. The normalized spacial score (nSPS) is 9.86.